The Hall–Kier alpha value is -0.813. The predicted octanol–water partition coefficient (Wildman–Crippen LogP) is 4.67. The zero-order chi connectivity index (χ0) is 14.5. The Balaban J connectivity index is 2.34. The summed E-state index contributed by atoms with van der Waals surface area (Å²) in [5, 5.41) is 0. The van der Waals surface area contributed by atoms with Gasteiger partial charge in [0.2, 0.25) is 0 Å². The van der Waals surface area contributed by atoms with Gasteiger partial charge in [0.15, 0.2) is 25.8 Å². The van der Waals surface area contributed by atoms with E-state index in [1.165, 1.54) is 0 Å². The SMILES string of the molecule is CO[Si](C)(C)CCCCCc1cc(F)c(F)c(F)c1. The summed E-state index contributed by atoms with van der Waals surface area (Å²) < 4.78 is 44.2. The van der Waals surface area contributed by atoms with Crippen LogP contribution in [0.1, 0.15) is 24.8 Å². The van der Waals surface area contributed by atoms with Crippen molar-refractivity contribution in [2.75, 3.05) is 7.11 Å². The fourth-order valence-electron chi connectivity index (χ4n) is 1.91. The van der Waals surface area contributed by atoms with Crippen LogP contribution in [0.15, 0.2) is 12.1 Å². The van der Waals surface area contributed by atoms with E-state index >= 15 is 0 Å². The molecule has 0 radical (unpaired) electrons. The van der Waals surface area contributed by atoms with Gasteiger partial charge in [0.1, 0.15) is 0 Å². The normalized spacial score (nSPS) is 11.9. The Kier molecular flexibility index (Phi) is 6.07. The highest BCUT2D eigenvalue weighted by Crippen LogP contribution is 2.18. The summed E-state index contributed by atoms with van der Waals surface area (Å²) in [6.07, 6.45) is 3.46. The molecule has 0 atom stereocenters. The van der Waals surface area contributed by atoms with Crippen molar-refractivity contribution in [2.45, 2.75) is 44.8 Å². The molecule has 0 amide bonds. The molecule has 0 bridgehead atoms. The Labute approximate surface area is 113 Å². The first kappa shape index (κ1) is 16.2. The van der Waals surface area contributed by atoms with Crippen LogP contribution in [0.25, 0.3) is 0 Å². The number of aryl methyl sites for hydroxylation is 1. The minimum absolute atomic E-state index is 0.514. The molecule has 0 heterocycles. The number of hydrogen-bond acceptors (Lipinski definition) is 1. The highest BCUT2D eigenvalue weighted by Gasteiger charge is 2.19. The van der Waals surface area contributed by atoms with Crippen molar-refractivity contribution in [2.24, 2.45) is 0 Å². The Morgan fingerprint density at radius 3 is 2.11 bits per heavy atom. The molecular formula is C14H21F3OSi. The minimum atomic E-state index is -1.50. The van der Waals surface area contributed by atoms with Gasteiger partial charge in [-0.3, -0.25) is 0 Å². The first-order chi connectivity index (χ1) is 8.85. The van der Waals surface area contributed by atoms with Gasteiger partial charge in [-0.25, -0.2) is 13.2 Å². The molecular weight excluding hydrogens is 269 g/mol. The first-order valence-electron chi connectivity index (χ1n) is 6.54. The highest BCUT2D eigenvalue weighted by atomic mass is 28.4. The van der Waals surface area contributed by atoms with E-state index in [1.807, 2.05) is 0 Å². The third-order valence-electron chi connectivity index (χ3n) is 3.34. The molecule has 5 heteroatoms. The second-order valence-corrected chi connectivity index (χ2v) is 9.83. The maximum atomic E-state index is 13.0. The summed E-state index contributed by atoms with van der Waals surface area (Å²) in [5.41, 5.74) is 0.514. The van der Waals surface area contributed by atoms with Gasteiger partial charge < -0.3 is 4.43 Å². The topological polar surface area (TPSA) is 9.23 Å². The van der Waals surface area contributed by atoms with E-state index in [-0.39, 0.29) is 0 Å². The van der Waals surface area contributed by atoms with Gasteiger partial charge in [-0.05, 0) is 49.7 Å². The van der Waals surface area contributed by atoms with Crippen LogP contribution in [0.4, 0.5) is 13.2 Å². The van der Waals surface area contributed by atoms with Crippen molar-refractivity contribution in [3.63, 3.8) is 0 Å². The van der Waals surface area contributed by atoms with Gasteiger partial charge in [0, 0.05) is 7.11 Å². The van der Waals surface area contributed by atoms with Crippen LogP contribution in [0.5, 0.6) is 0 Å². The van der Waals surface area contributed by atoms with Crippen molar-refractivity contribution in [1.82, 2.24) is 0 Å². The van der Waals surface area contributed by atoms with Gasteiger partial charge in [-0.2, -0.15) is 0 Å². The lowest BCUT2D eigenvalue weighted by molar-refractivity contribution is 0.401. The lowest BCUT2D eigenvalue weighted by Gasteiger charge is -2.19. The van der Waals surface area contributed by atoms with Crippen molar-refractivity contribution in [3.8, 4) is 0 Å². The van der Waals surface area contributed by atoms with Crippen LogP contribution < -0.4 is 0 Å². The number of hydrogen-bond donors (Lipinski definition) is 0. The van der Waals surface area contributed by atoms with Crippen LogP contribution in [0.2, 0.25) is 19.1 Å². The van der Waals surface area contributed by atoms with Gasteiger partial charge >= 0.3 is 0 Å². The average Bonchev–Trinajstić information content (AvgIpc) is 2.35. The second-order valence-electron chi connectivity index (χ2n) is 5.40. The number of unbranched alkanes of at least 4 members (excludes halogenated alkanes) is 2. The summed E-state index contributed by atoms with van der Waals surface area (Å²) in [5.74, 6) is -3.61. The van der Waals surface area contributed by atoms with Crippen molar-refractivity contribution < 1.29 is 17.6 Å². The maximum absolute atomic E-state index is 13.0. The lowest BCUT2D eigenvalue weighted by Crippen LogP contribution is -2.27. The monoisotopic (exact) mass is 290 g/mol. The molecule has 0 saturated carbocycles. The van der Waals surface area contributed by atoms with Gasteiger partial charge in [0.25, 0.3) is 0 Å². The van der Waals surface area contributed by atoms with E-state index in [0.29, 0.717) is 12.0 Å². The maximum Gasteiger partial charge on any atom is 0.194 e. The van der Waals surface area contributed by atoms with E-state index in [4.69, 9.17) is 4.43 Å². The summed E-state index contributed by atoms with van der Waals surface area (Å²) in [6, 6.07) is 3.23. The summed E-state index contributed by atoms with van der Waals surface area (Å²) >= 11 is 0. The molecule has 0 aliphatic carbocycles. The van der Waals surface area contributed by atoms with Gasteiger partial charge in [0.05, 0.1) is 0 Å². The summed E-state index contributed by atoms with van der Waals surface area (Å²) in [6.45, 7) is 4.33. The van der Waals surface area contributed by atoms with E-state index in [1.54, 1.807) is 7.11 Å². The first-order valence-corrected chi connectivity index (χ1v) is 9.66. The average molecular weight is 290 g/mol. The van der Waals surface area contributed by atoms with E-state index in [9.17, 15) is 13.2 Å². The summed E-state index contributed by atoms with van der Waals surface area (Å²) in [4.78, 5) is 0. The minimum Gasteiger partial charge on any atom is -0.420 e. The molecule has 19 heavy (non-hydrogen) atoms. The molecule has 0 aliphatic heterocycles. The molecule has 0 fully saturated rings. The number of benzene rings is 1. The Morgan fingerprint density at radius 1 is 1.00 bits per heavy atom. The van der Waals surface area contributed by atoms with Crippen LogP contribution >= 0.6 is 0 Å². The molecule has 0 unspecified atom stereocenters. The third kappa shape index (κ3) is 5.36. The van der Waals surface area contributed by atoms with Crippen molar-refractivity contribution in [3.05, 3.63) is 35.1 Å². The fraction of sp³-hybridized carbons (Fsp3) is 0.571. The van der Waals surface area contributed by atoms with Crippen molar-refractivity contribution >= 4 is 8.32 Å². The second kappa shape index (κ2) is 7.10. The van der Waals surface area contributed by atoms with E-state index in [0.717, 1.165) is 37.4 Å². The van der Waals surface area contributed by atoms with Crippen LogP contribution in [0, 0.1) is 17.5 Å². The highest BCUT2D eigenvalue weighted by molar-refractivity contribution is 6.71. The molecule has 0 N–H and O–H groups in total. The molecule has 0 spiro atoms. The molecule has 0 saturated heterocycles. The molecule has 1 nitrogen and oxygen atoms in total. The van der Waals surface area contributed by atoms with Gasteiger partial charge in [-0.1, -0.05) is 12.8 Å². The summed E-state index contributed by atoms with van der Waals surface area (Å²) in [7, 11) is 0.245. The zero-order valence-electron chi connectivity index (χ0n) is 11.7. The number of rotatable bonds is 7. The Morgan fingerprint density at radius 2 is 1.58 bits per heavy atom. The lowest BCUT2D eigenvalue weighted by atomic mass is 10.1. The Bertz CT molecular complexity index is 398. The van der Waals surface area contributed by atoms with Crippen molar-refractivity contribution in [1.29, 1.82) is 0 Å². The molecule has 1 aromatic rings. The smallest absolute Gasteiger partial charge is 0.194 e. The van der Waals surface area contributed by atoms with Crippen LogP contribution in [-0.2, 0) is 10.8 Å². The largest absolute Gasteiger partial charge is 0.420 e. The fourth-order valence-corrected chi connectivity index (χ4v) is 3.22. The zero-order valence-corrected chi connectivity index (χ0v) is 12.7. The molecule has 0 aromatic heterocycles. The standard InChI is InChI=1S/C14H21F3OSi/c1-18-19(2,3)8-6-4-5-7-11-9-12(15)14(17)13(16)10-11/h9-10H,4-8H2,1-3H3. The van der Waals surface area contributed by atoms with E-state index < -0.39 is 25.8 Å². The van der Waals surface area contributed by atoms with E-state index in [2.05, 4.69) is 13.1 Å². The predicted molar refractivity (Wildman–Crippen MR) is 73.2 cm³/mol. The molecule has 1 aromatic carbocycles. The van der Waals surface area contributed by atoms with Crippen LogP contribution in [-0.4, -0.2) is 15.4 Å². The third-order valence-corrected chi connectivity index (χ3v) is 6.00. The molecule has 108 valence electrons. The quantitative estimate of drug-likeness (QED) is 0.403. The number of halogens is 3. The molecule has 1 rings (SSSR count). The molecule has 0 aliphatic rings. The van der Waals surface area contributed by atoms with Gasteiger partial charge in [-0.15, -0.1) is 0 Å². The van der Waals surface area contributed by atoms with Crippen LogP contribution in [0.3, 0.4) is 0 Å².